The lowest BCUT2D eigenvalue weighted by molar-refractivity contribution is -0.135. The molecule has 1 heterocycles. The van der Waals surface area contributed by atoms with E-state index in [-0.39, 0.29) is 17.9 Å². The van der Waals surface area contributed by atoms with Crippen molar-refractivity contribution in [1.82, 2.24) is 10.2 Å². The van der Waals surface area contributed by atoms with Gasteiger partial charge in [-0.1, -0.05) is 36.8 Å². The van der Waals surface area contributed by atoms with Crippen molar-refractivity contribution in [1.29, 1.82) is 0 Å². The number of nitrogens with one attached hydrogen (secondary N) is 1. The molecule has 0 aliphatic carbocycles. The van der Waals surface area contributed by atoms with Crippen LogP contribution in [0.5, 0.6) is 0 Å². The number of rotatable bonds is 3. The maximum absolute atomic E-state index is 12.5. The van der Waals surface area contributed by atoms with Gasteiger partial charge in [0.05, 0.1) is 0 Å². The second kappa shape index (κ2) is 6.07. The standard InChI is InChI=1S/C16H22N2O2/c1-4-14-16(20)18(12(3)9-15(19)17-14)10-13-7-5-11(2)6-8-13/h5-8,12,14H,4,9-10H2,1-3H3,(H,17,19). The molecule has 4 nitrogen and oxygen atoms in total. The molecule has 2 atom stereocenters. The van der Waals surface area contributed by atoms with Gasteiger partial charge in [-0.25, -0.2) is 0 Å². The largest absolute Gasteiger partial charge is 0.344 e. The number of carbonyl (C=O) groups excluding carboxylic acids is 2. The van der Waals surface area contributed by atoms with Gasteiger partial charge < -0.3 is 10.2 Å². The molecule has 1 fully saturated rings. The van der Waals surface area contributed by atoms with Crippen molar-refractivity contribution >= 4 is 11.8 Å². The zero-order valence-corrected chi connectivity index (χ0v) is 12.3. The van der Waals surface area contributed by atoms with Gasteiger partial charge in [-0.15, -0.1) is 0 Å². The van der Waals surface area contributed by atoms with E-state index in [0.717, 1.165) is 5.56 Å². The molecular formula is C16H22N2O2. The van der Waals surface area contributed by atoms with E-state index in [0.29, 0.717) is 19.4 Å². The minimum Gasteiger partial charge on any atom is -0.344 e. The number of amides is 2. The van der Waals surface area contributed by atoms with Crippen LogP contribution >= 0.6 is 0 Å². The summed E-state index contributed by atoms with van der Waals surface area (Å²) in [7, 11) is 0. The van der Waals surface area contributed by atoms with Gasteiger partial charge in [-0.05, 0) is 25.8 Å². The van der Waals surface area contributed by atoms with Crippen LogP contribution in [0.3, 0.4) is 0 Å². The van der Waals surface area contributed by atoms with E-state index < -0.39 is 6.04 Å². The van der Waals surface area contributed by atoms with Crippen LogP contribution in [-0.4, -0.2) is 28.8 Å². The zero-order chi connectivity index (χ0) is 14.7. The number of benzene rings is 1. The average Bonchev–Trinajstić information content (AvgIpc) is 2.52. The van der Waals surface area contributed by atoms with E-state index in [4.69, 9.17) is 0 Å². The Balaban J connectivity index is 2.20. The van der Waals surface area contributed by atoms with E-state index in [9.17, 15) is 9.59 Å². The highest BCUT2D eigenvalue weighted by molar-refractivity contribution is 5.90. The van der Waals surface area contributed by atoms with Gasteiger partial charge in [0.25, 0.3) is 0 Å². The maximum atomic E-state index is 12.5. The Hall–Kier alpha value is -1.84. The third-order valence-corrected chi connectivity index (χ3v) is 3.81. The highest BCUT2D eigenvalue weighted by Crippen LogP contribution is 2.17. The Morgan fingerprint density at radius 2 is 1.90 bits per heavy atom. The fraction of sp³-hybridized carbons (Fsp3) is 0.500. The first-order chi connectivity index (χ1) is 9.51. The zero-order valence-electron chi connectivity index (χ0n) is 12.3. The first-order valence-corrected chi connectivity index (χ1v) is 7.16. The number of hydrogen-bond donors (Lipinski definition) is 1. The monoisotopic (exact) mass is 274 g/mol. The van der Waals surface area contributed by atoms with Crippen LogP contribution in [0.2, 0.25) is 0 Å². The molecule has 1 aromatic rings. The molecule has 1 N–H and O–H groups in total. The Morgan fingerprint density at radius 1 is 1.25 bits per heavy atom. The third-order valence-electron chi connectivity index (χ3n) is 3.81. The minimum absolute atomic E-state index is 0.0198. The van der Waals surface area contributed by atoms with Crippen molar-refractivity contribution in [3.05, 3.63) is 35.4 Å². The Bertz CT molecular complexity index is 496. The van der Waals surface area contributed by atoms with Gasteiger partial charge in [0.1, 0.15) is 6.04 Å². The van der Waals surface area contributed by atoms with Crippen LogP contribution in [0, 0.1) is 6.92 Å². The predicted octanol–water partition coefficient (Wildman–Crippen LogP) is 2.01. The molecule has 4 heteroatoms. The maximum Gasteiger partial charge on any atom is 0.245 e. The lowest BCUT2D eigenvalue weighted by Gasteiger charge is -2.28. The molecule has 1 saturated heterocycles. The first kappa shape index (κ1) is 14.6. The van der Waals surface area contributed by atoms with Crippen LogP contribution in [0.25, 0.3) is 0 Å². The van der Waals surface area contributed by atoms with E-state index in [1.807, 2.05) is 49.9 Å². The number of hydrogen-bond acceptors (Lipinski definition) is 2. The van der Waals surface area contributed by atoms with Crippen LogP contribution in [-0.2, 0) is 16.1 Å². The van der Waals surface area contributed by atoms with Crippen molar-refractivity contribution in [3.63, 3.8) is 0 Å². The Labute approximate surface area is 120 Å². The summed E-state index contributed by atoms with van der Waals surface area (Å²) < 4.78 is 0. The predicted molar refractivity (Wildman–Crippen MR) is 78.0 cm³/mol. The van der Waals surface area contributed by atoms with E-state index in [2.05, 4.69) is 5.32 Å². The van der Waals surface area contributed by atoms with Gasteiger partial charge in [-0.2, -0.15) is 0 Å². The topological polar surface area (TPSA) is 49.4 Å². The summed E-state index contributed by atoms with van der Waals surface area (Å²) in [5.74, 6) is -0.0180. The second-order valence-electron chi connectivity index (χ2n) is 5.53. The molecule has 20 heavy (non-hydrogen) atoms. The number of nitrogens with zero attached hydrogens (tertiary/aromatic N) is 1. The lowest BCUT2D eigenvalue weighted by atomic mass is 10.1. The lowest BCUT2D eigenvalue weighted by Crippen LogP contribution is -2.45. The van der Waals surface area contributed by atoms with Crippen molar-refractivity contribution in [3.8, 4) is 0 Å². The molecule has 2 rings (SSSR count). The fourth-order valence-corrected chi connectivity index (χ4v) is 2.51. The van der Waals surface area contributed by atoms with Gasteiger partial charge in [0, 0.05) is 19.0 Å². The van der Waals surface area contributed by atoms with Gasteiger partial charge in [0.2, 0.25) is 11.8 Å². The van der Waals surface area contributed by atoms with E-state index in [1.165, 1.54) is 5.56 Å². The summed E-state index contributed by atoms with van der Waals surface area (Å²) in [5.41, 5.74) is 2.30. The smallest absolute Gasteiger partial charge is 0.245 e. The molecule has 1 aliphatic rings. The van der Waals surface area contributed by atoms with E-state index >= 15 is 0 Å². The summed E-state index contributed by atoms with van der Waals surface area (Å²) in [6.45, 7) is 6.46. The minimum atomic E-state index is -0.391. The quantitative estimate of drug-likeness (QED) is 0.916. The molecule has 0 aromatic heterocycles. The Morgan fingerprint density at radius 3 is 2.50 bits per heavy atom. The van der Waals surface area contributed by atoms with Gasteiger partial charge in [0.15, 0.2) is 0 Å². The summed E-state index contributed by atoms with van der Waals surface area (Å²) in [6, 6.07) is 7.71. The normalized spacial score (nSPS) is 23.4. The van der Waals surface area contributed by atoms with Crippen LogP contribution < -0.4 is 5.32 Å². The van der Waals surface area contributed by atoms with Crippen molar-refractivity contribution < 1.29 is 9.59 Å². The molecule has 2 unspecified atom stereocenters. The molecule has 108 valence electrons. The van der Waals surface area contributed by atoms with Crippen molar-refractivity contribution in [2.24, 2.45) is 0 Å². The number of aryl methyl sites for hydroxylation is 1. The van der Waals surface area contributed by atoms with Gasteiger partial charge in [-0.3, -0.25) is 9.59 Å². The first-order valence-electron chi connectivity index (χ1n) is 7.16. The summed E-state index contributed by atoms with van der Waals surface area (Å²) in [6.07, 6.45) is 0.996. The molecule has 0 spiro atoms. The summed E-state index contributed by atoms with van der Waals surface area (Å²) >= 11 is 0. The van der Waals surface area contributed by atoms with Crippen LogP contribution in [0.15, 0.2) is 24.3 Å². The summed E-state index contributed by atoms with van der Waals surface area (Å²) in [4.78, 5) is 26.1. The van der Waals surface area contributed by atoms with Gasteiger partial charge >= 0.3 is 0 Å². The SMILES string of the molecule is CCC1NC(=O)CC(C)N(Cc2ccc(C)cc2)C1=O. The van der Waals surface area contributed by atoms with Crippen LogP contribution in [0.4, 0.5) is 0 Å². The molecule has 0 saturated carbocycles. The number of carbonyl (C=O) groups is 2. The second-order valence-corrected chi connectivity index (χ2v) is 5.53. The average molecular weight is 274 g/mol. The van der Waals surface area contributed by atoms with Crippen molar-refractivity contribution in [2.45, 2.75) is 52.2 Å². The fourth-order valence-electron chi connectivity index (χ4n) is 2.51. The molecule has 0 radical (unpaired) electrons. The molecule has 1 aromatic carbocycles. The van der Waals surface area contributed by atoms with Crippen LogP contribution in [0.1, 0.15) is 37.8 Å². The molecular weight excluding hydrogens is 252 g/mol. The third kappa shape index (κ3) is 3.18. The highest BCUT2D eigenvalue weighted by atomic mass is 16.2. The molecule has 0 bridgehead atoms. The molecule has 1 aliphatic heterocycles. The van der Waals surface area contributed by atoms with E-state index in [1.54, 1.807) is 0 Å². The Kier molecular flexibility index (Phi) is 4.42. The van der Waals surface area contributed by atoms with Crippen molar-refractivity contribution in [2.75, 3.05) is 0 Å². The highest BCUT2D eigenvalue weighted by Gasteiger charge is 2.32. The molecule has 2 amide bonds. The summed E-state index contributed by atoms with van der Waals surface area (Å²) in [5, 5.41) is 2.80.